The second-order valence-corrected chi connectivity index (χ2v) is 4.51. The van der Waals surface area contributed by atoms with Crippen molar-refractivity contribution in [1.29, 1.82) is 5.26 Å². The van der Waals surface area contributed by atoms with Gasteiger partial charge in [-0.1, -0.05) is 12.1 Å². The highest BCUT2D eigenvalue weighted by Gasteiger charge is 2.26. The van der Waals surface area contributed by atoms with Crippen LogP contribution in [-0.4, -0.2) is 23.4 Å². The molecule has 1 amide bonds. The molecule has 0 spiro atoms. The maximum atomic E-state index is 11.4. The summed E-state index contributed by atoms with van der Waals surface area (Å²) in [5, 5.41) is 8.74. The van der Waals surface area contributed by atoms with Crippen molar-refractivity contribution in [2.75, 3.05) is 6.54 Å². The Morgan fingerprint density at radius 2 is 2.17 bits per heavy atom. The highest BCUT2D eigenvalue weighted by atomic mass is 16.1. The molecule has 0 aliphatic carbocycles. The molecule has 1 fully saturated rings. The number of carbonyl (C=O) groups excluding carboxylic acids is 1. The monoisotopic (exact) mass is 242 g/mol. The van der Waals surface area contributed by atoms with Gasteiger partial charge in [0.1, 0.15) is 0 Å². The van der Waals surface area contributed by atoms with Crippen molar-refractivity contribution in [2.45, 2.75) is 25.4 Å². The van der Waals surface area contributed by atoms with Gasteiger partial charge in [-0.3, -0.25) is 9.69 Å². The van der Waals surface area contributed by atoms with E-state index < -0.39 is 0 Å². The van der Waals surface area contributed by atoms with E-state index in [0.717, 1.165) is 24.9 Å². The lowest BCUT2D eigenvalue weighted by atomic mass is 10.0. The summed E-state index contributed by atoms with van der Waals surface area (Å²) in [4.78, 5) is 13.5. The number of rotatable bonds is 3. The number of hydrogen-bond acceptors (Lipinski definition) is 3. The molecule has 1 unspecified atom stereocenters. The molecule has 4 nitrogen and oxygen atoms in total. The van der Waals surface area contributed by atoms with Crippen molar-refractivity contribution in [3.8, 4) is 6.07 Å². The Morgan fingerprint density at radius 3 is 2.78 bits per heavy atom. The fraction of sp³-hybridized carbons (Fsp3) is 0.357. The van der Waals surface area contributed by atoms with E-state index in [1.807, 2.05) is 12.1 Å². The SMILES string of the molecule is N#Cc1ccc(CN2CC[CH]CC2C(N)=O)cc1. The van der Waals surface area contributed by atoms with Crippen molar-refractivity contribution in [3.05, 3.63) is 41.8 Å². The smallest absolute Gasteiger partial charge is 0.234 e. The number of nitriles is 1. The van der Waals surface area contributed by atoms with Crippen LogP contribution in [0.5, 0.6) is 0 Å². The fourth-order valence-electron chi connectivity index (χ4n) is 2.24. The van der Waals surface area contributed by atoms with Crippen molar-refractivity contribution in [3.63, 3.8) is 0 Å². The summed E-state index contributed by atoms with van der Waals surface area (Å²) < 4.78 is 0. The van der Waals surface area contributed by atoms with E-state index in [1.165, 1.54) is 0 Å². The van der Waals surface area contributed by atoms with Crippen LogP contribution < -0.4 is 5.73 Å². The Morgan fingerprint density at radius 1 is 1.44 bits per heavy atom. The Kier molecular flexibility index (Phi) is 3.96. The second kappa shape index (κ2) is 5.65. The van der Waals surface area contributed by atoms with E-state index >= 15 is 0 Å². The maximum absolute atomic E-state index is 11.4. The van der Waals surface area contributed by atoms with Crippen LogP contribution in [0.15, 0.2) is 24.3 Å². The van der Waals surface area contributed by atoms with Gasteiger partial charge in [0, 0.05) is 6.54 Å². The third-order valence-corrected chi connectivity index (χ3v) is 3.25. The number of piperidine rings is 1. The lowest BCUT2D eigenvalue weighted by Gasteiger charge is -2.33. The van der Waals surface area contributed by atoms with Crippen molar-refractivity contribution >= 4 is 5.91 Å². The number of carbonyl (C=O) groups is 1. The predicted molar refractivity (Wildman–Crippen MR) is 68.1 cm³/mol. The zero-order chi connectivity index (χ0) is 13.0. The topological polar surface area (TPSA) is 70.1 Å². The molecule has 0 saturated carbocycles. The largest absolute Gasteiger partial charge is 0.368 e. The van der Waals surface area contributed by atoms with Crippen LogP contribution in [0, 0.1) is 17.8 Å². The molecule has 4 heteroatoms. The van der Waals surface area contributed by atoms with Gasteiger partial charge in [0.25, 0.3) is 0 Å². The van der Waals surface area contributed by atoms with E-state index in [-0.39, 0.29) is 11.9 Å². The maximum Gasteiger partial charge on any atom is 0.234 e. The molecule has 1 heterocycles. The molecule has 1 atom stereocenters. The van der Waals surface area contributed by atoms with Crippen molar-refractivity contribution in [2.24, 2.45) is 5.73 Å². The molecule has 1 aromatic rings. The first-order valence-corrected chi connectivity index (χ1v) is 6.05. The summed E-state index contributed by atoms with van der Waals surface area (Å²) in [5.41, 5.74) is 7.16. The summed E-state index contributed by atoms with van der Waals surface area (Å²) in [5.74, 6) is -0.264. The minimum absolute atomic E-state index is 0.200. The van der Waals surface area contributed by atoms with Crippen LogP contribution in [0.2, 0.25) is 0 Å². The predicted octanol–water partition coefficient (Wildman–Crippen LogP) is 1.21. The van der Waals surface area contributed by atoms with Crippen LogP contribution >= 0.6 is 0 Å². The molecule has 93 valence electrons. The van der Waals surface area contributed by atoms with E-state index in [0.29, 0.717) is 12.1 Å². The molecule has 1 aromatic carbocycles. The van der Waals surface area contributed by atoms with Gasteiger partial charge in [0.2, 0.25) is 5.91 Å². The number of nitrogens with two attached hydrogens (primary N) is 1. The number of amides is 1. The van der Waals surface area contributed by atoms with Gasteiger partial charge in [-0.15, -0.1) is 0 Å². The van der Waals surface area contributed by atoms with E-state index in [1.54, 1.807) is 12.1 Å². The van der Waals surface area contributed by atoms with Crippen LogP contribution in [0.4, 0.5) is 0 Å². The molecule has 1 aliphatic rings. The molecule has 0 aromatic heterocycles. The Balaban J connectivity index is 2.06. The van der Waals surface area contributed by atoms with E-state index in [4.69, 9.17) is 11.0 Å². The fourth-order valence-corrected chi connectivity index (χ4v) is 2.24. The van der Waals surface area contributed by atoms with Crippen molar-refractivity contribution < 1.29 is 4.79 Å². The number of primary amides is 1. The number of likely N-dealkylation sites (tertiary alicyclic amines) is 1. The first-order valence-electron chi connectivity index (χ1n) is 6.05. The lowest BCUT2D eigenvalue weighted by molar-refractivity contribution is -0.124. The Labute approximate surface area is 107 Å². The lowest BCUT2D eigenvalue weighted by Crippen LogP contribution is -2.47. The third-order valence-electron chi connectivity index (χ3n) is 3.25. The van der Waals surface area contributed by atoms with Crippen molar-refractivity contribution in [1.82, 2.24) is 4.90 Å². The number of nitrogens with zero attached hydrogens (tertiary/aromatic N) is 2. The average molecular weight is 242 g/mol. The van der Waals surface area contributed by atoms with Gasteiger partial charge in [0.05, 0.1) is 17.7 Å². The van der Waals surface area contributed by atoms with Gasteiger partial charge in [-0.05, 0) is 43.5 Å². The molecule has 1 saturated heterocycles. The summed E-state index contributed by atoms with van der Waals surface area (Å²) in [6, 6.07) is 9.34. The minimum Gasteiger partial charge on any atom is -0.368 e. The molecular formula is C14H16N3O. The van der Waals surface area contributed by atoms with Gasteiger partial charge < -0.3 is 5.73 Å². The van der Waals surface area contributed by atoms with E-state index in [9.17, 15) is 4.79 Å². The summed E-state index contributed by atoms with van der Waals surface area (Å²) in [6.45, 7) is 1.56. The average Bonchev–Trinajstić information content (AvgIpc) is 2.40. The van der Waals surface area contributed by atoms with Gasteiger partial charge in [-0.2, -0.15) is 5.26 Å². The highest BCUT2D eigenvalue weighted by molar-refractivity contribution is 5.80. The quantitative estimate of drug-likeness (QED) is 0.866. The van der Waals surface area contributed by atoms with Gasteiger partial charge in [-0.25, -0.2) is 0 Å². The molecule has 18 heavy (non-hydrogen) atoms. The first-order chi connectivity index (χ1) is 8.70. The molecule has 1 radical (unpaired) electrons. The van der Waals surface area contributed by atoms with Crippen LogP contribution in [-0.2, 0) is 11.3 Å². The summed E-state index contributed by atoms with van der Waals surface area (Å²) in [7, 11) is 0. The third kappa shape index (κ3) is 2.88. The van der Waals surface area contributed by atoms with Gasteiger partial charge in [0.15, 0.2) is 0 Å². The molecular weight excluding hydrogens is 226 g/mol. The van der Waals surface area contributed by atoms with E-state index in [2.05, 4.69) is 17.4 Å². The zero-order valence-electron chi connectivity index (χ0n) is 10.2. The number of benzene rings is 1. The molecule has 1 aliphatic heterocycles. The summed E-state index contributed by atoms with van der Waals surface area (Å²) >= 11 is 0. The standard InChI is InChI=1S/C14H16N3O/c15-9-11-4-6-12(7-5-11)10-17-8-2-1-3-13(17)14(16)18/h1,4-7,13H,2-3,8,10H2,(H2,16,18). The normalized spacial score (nSPS) is 20.3. The van der Waals surface area contributed by atoms with Gasteiger partial charge >= 0.3 is 0 Å². The Hall–Kier alpha value is -1.86. The zero-order valence-corrected chi connectivity index (χ0v) is 10.2. The Bertz CT molecular complexity index is 461. The highest BCUT2D eigenvalue weighted by Crippen LogP contribution is 2.19. The van der Waals surface area contributed by atoms with Crippen LogP contribution in [0.3, 0.4) is 0 Å². The molecule has 2 rings (SSSR count). The van der Waals surface area contributed by atoms with Crippen LogP contribution in [0.25, 0.3) is 0 Å². The molecule has 2 N–H and O–H groups in total. The van der Waals surface area contributed by atoms with Crippen LogP contribution in [0.1, 0.15) is 24.0 Å². The second-order valence-electron chi connectivity index (χ2n) is 4.51. The summed E-state index contributed by atoms with van der Waals surface area (Å²) in [6.07, 6.45) is 3.83. The first kappa shape index (κ1) is 12.6. The minimum atomic E-state index is -0.264. The number of hydrogen-bond donors (Lipinski definition) is 1. The molecule has 0 bridgehead atoms.